The number of halogens is 5. The van der Waals surface area contributed by atoms with Gasteiger partial charge in [-0.25, -0.2) is 0 Å². The fraction of sp³-hybridized carbons (Fsp3) is 0.867. The Bertz CT molecular complexity index is 367. The van der Waals surface area contributed by atoms with Crippen molar-refractivity contribution >= 4 is 39.5 Å². The van der Waals surface area contributed by atoms with Gasteiger partial charge in [-0.05, 0) is 12.8 Å². The SMILES string of the molecule is O=C(CCC(=O)OC(CBr)C(F)(F)F)OCCCCCCCCCl. The topological polar surface area (TPSA) is 52.6 Å². The molecule has 0 saturated carbocycles. The number of carbonyl (C=O) groups is 2. The van der Waals surface area contributed by atoms with E-state index in [0.29, 0.717) is 5.88 Å². The van der Waals surface area contributed by atoms with Crippen LogP contribution in [0.15, 0.2) is 0 Å². The van der Waals surface area contributed by atoms with Gasteiger partial charge in [-0.1, -0.05) is 41.6 Å². The Morgan fingerprint density at radius 1 is 0.958 bits per heavy atom. The lowest BCUT2D eigenvalue weighted by molar-refractivity contribution is -0.214. The second-order valence-electron chi connectivity index (χ2n) is 5.21. The average Bonchev–Trinajstić information content (AvgIpc) is 2.52. The summed E-state index contributed by atoms with van der Waals surface area (Å²) in [5, 5.41) is -0.544. The maximum absolute atomic E-state index is 12.4. The van der Waals surface area contributed by atoms with Crippen LogP contribution in [-0.2, 0) is 19.1 Å². The minimum absolute atomic E-state index is 0.246. The maximum atomic E-state index is 12.4. The molecule has 1 unspecified atom stereocenters. The first-order valence-corrected chi connectivity index (χ1v) is 9.50. The van der Waals surface area contributed by atoms with Crippen LogP contribution in [0.25, 0.3) is 0 Å². The van der Waals surface area contributed by atoms with Gasteiger partial charge in [0.05, 0.1) is 19.4 Å². The number of esters is 2. The van der Waals surface area contributed by atoms with E-state index in [1.807, 2.05) is 0 Å². The number of hydrogen-bond donors (Lipinski definition) is 0. The molecule has 0 amide bonds. The number of ether oxygens (including phenoxy) is 2. The monoisotopic (exact) mass is 438 g/mol. The molecule has 0 aromatic heterocycles. The van der Waals surface area contributed by atoms with Crippen LogP contribution in [0.3, 0.4) is 0 Å². The maximum Gasteiger partial charge on any atom is 0.426 e. The molecule has 1 atom stereocenters. The van der Waals surface area contributed by atoms with Crippen LogP contribution in [-0.4, -0.2) is 42.0 Å². The Kier molecular flexibility index (Phi) is 13.5. The van der Waals surface area contributed by atoms with Crippen molar-refractivity contribution in [2.24, 2.45) is 0 Å². The highest BCUT2D eigenvalue weighted by Crippen LogP contribution is 2.24. The lowest BCUT2D eigenvalue weighted by Gasteiger charge is -2.18. The summed E-state index contributed by atoms with van der Waals surface area (Å²) in [5.41, 5.74) is 0. The van der Waals surface area contributed by atoms with Gasteiger partial charge in [0.15, 0.2) is 0 Å². The standard InChI is InChI=1S/C15H23BrClF3O4/c16-11-12(15(18,19)20)24-14(22)8-7-13(21)23-10-6-4-2-1-3-5-9-17/h12H,1-11H2. The molecule has 0 saturated heterocycles. The molecule has 142 valence electrons. The van der Waals surface area contributed by atoms with Crippen molar-refractivity contribution in [3.63, 3.8) is 0 Å². The quantitative estimate of drug-likeness (QED) is 0.236. The third-order valence-corrected chi connectivity index (χ3v) is 3.96. The van der Waals surface area contributed by atoms with Gasteiger partial charge >= 0.3 is 18.1 Å². The fourth-order valence-electron chi connectivity index (χ4n) is 1.77. The van der Waals surface area contributed by atoms with Gasteiger partial charge in [-0.2, -0.15) is 13.2 Å². The molecule has 0 aromatic rings. The largest absolute Gasteiger partial charge is 0.466 e. The molecule has 0 aliphatic rings. The highest BCUT2D eigenvalue weighted by atomic mass is 79.9. The fourth-order valence-corrected chi connectivity index (χ4v) is 2.46. The van der Waals surface area contributed by atoms with E-state index in [-0.39, 0.29) is 13.0 Å². The molecule has 9 heteroatoms. The molecule has 24 heavy (non-hydrogen) atoms. The Morgan fingerprint density at radius 3 is 2.04 bits per heavy atom. The molecule has 0 rings (SSSR count). The van der Waals surface area contributed by atoms with Crippen molar-refractivity contribution in [2.75, 3.05) is 17.8 Å². The molecule has 0 aliphatic carbocycles. The summed E-state index contributed by atoms with van der Waals surface area (Å²) in [6.45, 7) is 0.246. The van der Waals surface area contributed by atoms with Crippen molar-refractivity contribution in [3.05, 3.63) is 0 Å². The van der Waals surface area contributed by atoms with Crippen molar-refractivity contribution in [1.29, 1.82) is 0 Å². The lowest BCUT2D eigenvalue weighted by atomic mass is 10.1. The van der Waals surface area contributed by atoms with Gasteiger partial charge in [0.25, 0.3) is 0 Å². The van der Waals surface area contributed by atoms with Crippen LogP contribution in [0.1, 0.15) is 51.4 Å². The van der Waals surface area contributed by atoms with Crippen molar-refractivity contribution in [1.82, 2.24) is 0 Å². The number of hydrogen-bond acceptors (Lipinski definition) is 4. The van der Waals surface area contributed by atoms with E-state index in [2.05, 4.69) is 20.7 Å². The summed E-state index contributed by atoms with van der Waals surface area (Å²) in [5.74, 6) is -1.02. The number of carbonyl (C=O) groups excluding carboxylic acids is 2. The molecular weight excluding hydrogens is 417 g/mol. The van der Waals surface area contributed by atoms with Crippen LogP contribution >= 0.6 is 27.5 Å². The Morgan fingerprint density at radius 2 is 1.50 bits per heavy atom. The van der Waals surface area contributed by atoms with Gasteiger partial charge in [0.2, 0.25) is 6.10 Å². The first-order chi connectivity index (χ1) is 11.3. The van der Waals surface area contributed by atoms with Gasteiger partial charge in [0.1, 0.15) is 0 Å². The predicted octanol–water partition coefficient (Wildman–Crippen LogP) is 4.76. The highest BCUT2D eigenvalue weighted by Gasteiger charge is 2.42. The zero-order valence-electron chi connectivity index (χ0n) is 13.4. The Balaban J connectivity index is 3.69. The summed E-state index contributed by atoms with van der Waals surface area (Å²) >= 11 is 8.19. The van der Waals surface area contributed by atoms with Gasteiger partial charge < -0.3 is 9.47 Å². The van der Waals surface area contributed by atoms with Crippen molar-refractivity contribution < 1.29 is 32.2 Å². The van der Waals surface area contributed by atoms with Gasteiger partial charge in [0, 0.05) is 11.2 Å². The first kappa shape index (κ1) is 23.5. The van der Waals surface area contributed by atoms with Crippen LogP contribution in [0.4, 0.5) is 13.2 Å². The molecule has 0 N–H and O–H groups in total. The molecule has 0 radical (unpaired) electrons. The van der Waals surface area contributed by atoms with E-state index in [4.69, 9.17) is 16.3 Å². The minimum atomic E-state index is -4.64. The molecule has 4 nitrogen and oxygen atoms in total. The molecule has 0 spiro atoms. The molecule has 0 heterocycles. The predicted molar refractivity (Wildman–Crippen MR) is 88.3 cm³/mol. The van der Waals surface area contributed by atoms with Crippen LogP contribution in [0.2, 0.25) is 0 Å². The first-order valence-electron chi connectivity index (χ1n) is 7.85. The number of alkyl halides is 5. The lowest BCUT2D eigenvalue weighted by Crippen LogP contribution is -2.35. The molecule has 0 aliphatic heterocycles. The molecule has 0 aromatic carbocycles. The van der Waals surface area contributed by atoms with Crippen LogP contribution < -0.4 is 0 Å². The second kappa shape index (κ2) is 13.8. The summed E-state index contributed by atoms with van der Waals surface area (Å²) in [6.07, 6.45) is -1.73. The van der Waals surface area contributed by atoms with Gasteiger partial charge in [-0.15, -0.1) is 11.6 Å². The second-order valence-corrected chi connectivity index (χ2v) is 6.23. The van der Waals surface area contributed by atoms with Gasteiger partial charge in [-0.3, -0.25) is 9.59 Å². The van der Waals surface area contributed by atoms with E-state index >= 15 is 0 Å². The van der Waals surface area contributed by atoms with E-state index in [1.165, 1.54) is 0 Å². The van der Waals surface area contributed by atoms with E-state index in [0.717, 1.165) is 38.5 Å². The highest BCUT2D eigenvalue weighted by molar-refractivity contribution is 9.09. The molecule has 0 fully saturated rings. The van der Waals surface area contributed by atoms with Crippen LogP contribution in [0.5, 0.6) is 0 Å². The minimum Gasteiger partial charge on any atom is -0.466 e. The van der Waals surface area contributed by atoms with Crippen molar-refractivity contribution in [3.8, 4) is 0 Å². The van der Waals surface area contributed by atoms with E-state index < -0.39 is 36.0 Å². The number of unbranched alkanes of at least 4 members (excludes halogenated alkanes) is 5. The third-order valence-electron chi connectivity index (χ3n) is 3.10. The summed E-state index contributed by atoms with van der Waals surface area (Å²) in [7, 11) is 0. The van der Waals surface area contributed by atoms with E-state index in [1.54, 1.807) is 0 Å². The normalized spacial score (nSPS) is 12.7. The Labute approximate surface area is 153 Å². The zero-order chi connectivity index (χ0) is 18.4. The smallest absolute Gasteiger partial charge is 0.426 e. The Hall–Kier alpha value is -0.500. The summed E-state index contributed by atoms with van der Waals surface area (Å²) in [4.78, 5) is 22.7. The third kappa shape index (κ3) is 12.9. The zero-order valence-corrected chi connectivity index (χ0v) is 15.7. The molecular formula is C15H23BrClF3O4. The van der Waals surface area contributed by atoms with Crippen molar-refractivity contribution in [2.45, 2.75) is 63.6 Å². The summed E-state index contributed by atoms with van der Waals surface area (Å²) in [6, 6.07) is 0. The summed E-state index contributed by atoms with van der Waals surface area (Å²) < 4.78 is 46.4. The number of rotatable bonds is 13. The van der Waals surface area contributed by atoms with E-state index in [9.17, 15) is 22.8 Å². The van der Waals surface area contributed by atoms with Crippen LogP contribution in [0, 0.1) is 0 Å². The average molecular weight is 440 g/mol. The molecule has 0 bridgehead atoms.